The van der Waals surface area contributed by atoms with Crippen LogP contribution in [-0.2, 0) is 0 Å². The molecule has 0 aliphatic carbocycles. The van der Waals surface area contributed by atoms with Gasteiger partial charge in [0.05, 0.1) is 32.6 Å². The summed E-state index contributed by atoms with van der Waals surface area (Å²) in [4.78, 5) is 4.27. The van der Waals surface area contributed by atoms with Crippen LogP contribution < -0.4 is 11.1 Å². The Morgan fingerprint density at radius 3 is 2.65 bits per heavy atom. The summed E-state index contributed by atoms with van der Waals surface area (Å²) in [6.45, 7) is 0. The molecule has 2 aromatic carbocycles. The summed E-state index contributed by atoms with van der Waals surface area (Å²) >= 11 is 12.2. The number of hydrogen-bond acceptors (Lipinski definition) is 3. The van der Waals surface area contributed by atoms with Crippen molar-refractivity contribution in [2.45, 2.75) is 0 Å². The fourth-order valence-electron chi connectivity index (χ4n) is 2.03. The lowest BCUT2D eigenvalue weighted by molar-refractivity contribution is 1.41. The molecule has 1 heterocycles. The summed E-state index contributed by atoms with van der Waals surface area (Å²) in [6.07, 6.45) is 1.74. The van der Waals surface area contributed by atoms with Gasteiger partial charge in [0.15, 0.2) is 0 Å². The summed E-state index contributed by atoms with van der Waals surface area (Å²) in [7, 11) is 0. The van der Waals surface area contributed by atoms with Crippen molar-refractivity contribution in [1.82, 2.24) is 4.98 Å². The van der Waals surface area contributed by atoms with E-state index in [9.17, 15) is 0 Å². The van der Waals surface area contributed by atoms with Gasteiger partial charge in [-0.15, -0.1) is 0 Å². The third kappa shape index (κ3) is 2.26. The molecule has 3 aromatic rings. The summed E-state index contributed by atoms with van der Waals surface area (Å²) in [5.74, 6) is 0. The van der Waals surface area contributed by atoms with E-state index in [0.29, 0.717) is 21.4 Å². The molecule has 100 valence electrons. The normalized spacial score (nSPS) is 10.7. The summed E-state index contributed by atoms with van der Waals surface area (Å²) in [5.41, 5.74) is 9.15. The Kier molecular flexibility index (Phi) is 3.38. The first-order chi connectivity index (χ1) is 9.66. The predicted octanol–water partition coefficient (Wildman–Crippen LogP) is 4.87. The number of anilines is 3. The number of nitrogens with two attached hydrogens (primary N) is 1. The first-order valence-electron chi connectivity index (χ1n) is 6.01. The van der Waals surface area contributed by atoms with Crippen LogP contribution >= 0.6 is 23.2 Å². The Labute approximate surface area is 126 Å². The van der Waals surface area contributed by atoms with Gasteiger partial charge in [0.2, 0.25) is 0 Å². The SMILES string of the molecule is Nc1c(Nc2cccc(Cl)c2Cl)ccc2ncccc12. The van der Waals surface area contributed by atoms with E-state index in [1.165, 1.54) is 0 Å². The molecule has 3 N–H and O–H groups in total. The number of aromatic nitrogens is 1. The van der Waals surface area contributed by atoms with E-state index in [1.54, 1.807) is 12.3 Å². The zero-order chi connectivity index (χ0) is 14.1. The zero-order valence-corrected chi connectivity index (χ0v) is 11.9. The minimum Gasteiger partial charge on any atom is -0.396 e. The zero-order valence-electron chi connectivity index (χ0n) is 10.4. The fraction of sp³-hybridized carbons (Fsp3) is 0. The third-order valence-electron chi connectivity index (χ3n) is 3.05. The van der Waals surface area contributed by atoms with Crippen LogP contribution in [0.25, 0.3) is 10.9 Å². The molecule has 0 spiro atoms. The monoisotopic (exact) mass is 303 g/mol. The number of nitrogen functional groups attached to an aromatic ring is 1. The summed E-state index contributed by atoms with van der Waals surface area (Å²) in [5, 5.41) is 5.07. The first kappa shape index (κ1) is 13.0. The molecule has 0 aliphatic heterocycles. The van der Waals surface area contributed by atoms with Crippen molar-refractivity contribution >= 4 is 51.2 Å². The summed E-state index contributed by atoms with van der Waals surface area (Å²) in [6, 6.07) is 13.0. The van der Waals surface area contributed by atoms with Crippen molar-refractivity contribution < 1.29 is 0 Å². The molecule has 0 unspecified atom stereocenters. The van der Waals surface area contributed by atoms with Crippen LogP contribution in [-0.4, -0.2) is 4.98 Å². The van der Waals surface area contributed by atoms with Gasteiger partial charge >= 0.3 is 0 Å². The largest absolute Gasteiger partial charge is 0.396 e. The molecule has 0 bridgehead atoms. The van der Waals surface area contributed by atoms with Gasteiger partial charge in [0.1, 0.15) is 0 Å². The maximum Gasteiger partial charge on any atom is 0.0827 e. The van der Waals surface area contributed by atoms with E-state index in [2.05, 4.69) is 10.3 Å². The van der Waals surface area contributed by atoms with E-state index >= 15 is 0 Å². The molecule has 0 saturated carbocycles. The number of nitrogens with one attached hydrogen (secondary N) is 1. The van der Waals surface area contributed by atoms with Crippen LogP contribution in [0.4, 0.5) is 17.1 Å². The molecule has 0 saturated heterocycles. The first-order valence-corrected chi connectivity index (χ1v) is 6.76. The van der Waals surface area contributed by atoms with Gasteiger partial charge in [-0.3, -0.25) is 4.98 Å². The number of fused-ring (bicyclic) bond motifs is 1. The van der Waals surface area contributed by atoms with E-state index in [0.717, 1.165) is 16.6 Å². The van der Waals surface area contributed by atoms with Crippen molar-refractivity contribution in [2.24, 2.45) is 0 Å². The van der Waals surface area contributed by atoms with Crippen LogP contribution in [0.15, 0.2) is 48.7 Å². The van der Waals surface area contributed by atoms with Crippen LogP contribution in [0.2, 0.25) is 10.0 Å². The molecule has 0 aliphatic rings. The number of pyridine rings is 1. The number of benzene rings is 2. The molecular weight excluding hydrogens is 293 g/mol. The Morgan fingerprint density at radius 1 is 0.950 bits per heavy atom. The van der Waals surface area contributed by atoms with Gasteiger partial charge in [-0.25, -0.2) is 0 Å². The molecular formula is C15H11Cl2N3. The summed E-state index contributed by atoms with van der Waals surface area (Å²) < 4.78 is 0. The second-order valence-electron chi connectivity index (χ2n) is 4.32. The lowest BCUT2D eigenvalue weighted by atomic mass is 10.1. The van der Waals surface area contributed by atoms with Crippen molar-refractivity contribution in [3.8, 4) is 0 Å². The van der Waals surface area contributed by atoms with E-state index in [4.69, 9.17) is 28.9 Å². The molecule has 0 atom stereocenters. The van der Waals surface area contributed by atoms with Crippen molar-refractivity contribution in [3.63, 3.8) is 0 Å². The molecule has 0 radical (unpaired) electrons. The molecule has 20 heavy (non-hydrogen) atoms. The maximum absolute atomic E-state index is 6.18. The van der Waals surface area contributed by atoms with Crippen LogP contribution in [0.5, 0.6) is 0 Å². The van der Waals surface area contributed by atoms with Gasteiger partial charge in [-0.2, -0.15) is 0 Å². The minimum absolute atomic E-state index is 0.472. The highest BCUT2D eigenvalue weighted by Gasteiger charge is 2.08. The quantitative estimate of drug-likeness (QED) is 0.664. The second kappa shape index (κ2) is 5.19. The van der Waals surface area contributed by atoms with Gasteiger partial charge in [-0.1, -0.05) is 29.3 Å². The van der Waals surface area contributed by atoms with Crippen molar-refractivity contribution in [1.29, 1.82) is 0 Å². The van der Waals surface area contributed by atoms with E-state index in [1.807, 2.05) is 36.4 Å². The Bertz CT molecular complexity index is 787. The third-order valence-corrected chi connectivity index (χ3v) is 3.87. The average Bonchev–Trinajstić information content (AvgIpc) is 2.47. The molecule has 1 aromatic heterocycles. The molecule has 3 nitrogen and oxygen atoms in total. The second-order valence-corrected chi connectivity index (χ2v) is 5.11. The minimum atomic E-state index is 0.472. The van der Waals surface area contributed by atoms with Gasteiger partial charge in [0, 0.05) is 11.6 Å². The fourth-order valence-corrected chi connectivity index (χ4v) is 2.38. The van der Waals surface area contributed by atoms with Crippen LogP contribution in [0, 0.1) is 0 Å². The topological polar surface area (TPSA) is 50.9 Å². The number of halogens is 2. The van der Waals surface area contributed by atoms with Gasteiger partial charge in [0.25, 0.3) is 0 Å². The lowest BCUT2D eigenvalue weighted by Gasteiger charge is -2.13. The van der Waals surface area contributed by atoms with Crippen molar-refractivity contribution in [3.05, 3.63) is 58.7 Å². The highest BCUT2D eigenvalue weighted by molar-refractivity contribution is 6.43. The van der Waals surface area contributed by atoms with Crippen molar-refractivity contribution in [2.75, 3.05) is 11.1 Å². The van der Waals surface area contributed by atoms with E-state index < -0.39 is 0 Å². The Morgan fingerprint density at radius 2 is 1.80 bits per heavy atom. The number of rotatable bonds is 2. The standard InChI is InChI=1S/C15H11Cl2N3/c16-10-4-1-5-12(14(10)17)20-13-7-6-11-9(15(13)18)3-2-8-19-11/h1-8,20H,18H2. The molecule has 0 fully saturated rings. The van der Waals surface area contributed by atoms with Crippen LogP contribution in [0.3, 0.4) is 0 Å². The number of nitrogens with zero attached hydrogens (tertiary/aromatic N) is 1. The molecule has 0 amide bonds. The maximum atomic E-state index is 6.18. The van der Waals surface area contributed by atoms with Gasteiger partial charge in [-0.05, 0) is 36.4 Å². The predicted molar refractivity (Wildman–Crippen MR) is 85.9 cm³/mol. The van der Waals surface area contributed by atoms with Gasteiger partial charge < -0.3 is 11.1 Å². The number of hydrogen-bond donors (Lipinski definition) is 2. The average molecular weight is 304 g/mol. The van der Waals surface area contributed by atoms with E-state index in [-0.39, 0.29) is 0 Å². The Balaban J connectivity index is 2.07. The lowest BCUT2D eigenvalue weighted by Crippen LogP contribution is -1.98. The highest BCUT2D eigenvalue weighted by Crippen LogP contribution is 2.35. The Hall–Kier alpha value is -1.97. The highest BCUT2D eigenvalue weighted by atomic mass is 35.5. The molecule has 3 rings (SSSR count). The molecule has 5 heteroatoms. The smallest absolute Gasteiger partial charge is 0.0827 e. The van der Waals surface area contributed by atoms with Crippen LogP contribution in [0.1, 0.15) is 0 Å².